The van der Waals surface area contributed by atoms with Gasteiger partial charge >= 0.3 is 11.8 Å². The van der Waals surface area contributed by atoms with Gasteiger partial charge in [0.15, 0.2) is 5.69 Å². The van der Waals surface area contributed by atoms with E-state index in [0.29, 0.717) is 47.8 Å². The van der Waals surface area contributed by atoms with Crippen LogP contribution in [0.2, 0.25) is 10.0 Å². The monoisotopic (exact) mass is 521 g/mol. The van der Waals surface area contributed by atoms with Crippen LogP contribution in [-0.2, 0) is 28.2 Å². The van der Waals surface area contributed by atoms with Crippen LogP contribution in [0.15, 0.2) is 23.0 Å². The van der Waals surface area contributed by atoms with Crippen molar-refractivity contribution in [2.24, 2.45) is 5.92 Å². The van der Waals surface area contributed by atoms with Gasteiger partial charge in [-0.3, -0.25) is 23.7 Å². The number of aromatic nitrogens is 2. The molecule has 0 radical (unpaired) electrons. The van der Waals surface area contributed by atoms with Crippen LogP contribution < -0.4 is 16.2 Å². The average molecular weight is 522 g/mol. The fourth-order valence-corrected chi connectivity index (χ4v) is 5.13. The number of nitrogens with one attached hydrogen (secondary N) is 2. The Morgan fingerprint density at radius 2 is 1.91 bits per heavy atom. The lowest BCUT2D eigenvalue weighted by molar-refractivity contribution is -0.145. The highest BCUT2D eigenvalue weighted by Gasteiger charge is 2.46. The third-order valence-electron chi connectivity index (χ3n) is 6.60. The smallest absolute Gasteiger partial charge is 0.311 e. The summed E-state index contributed by atoms with van der Waals surface area (Å²) in [7, 11) is 2.93. The Morgan fingerprint density at radius 3 is 2.54 bits per heavy atom. The maximum atomic E-state index is 13.1. The molecule has 0 atom stereocenters. The molecule has 1 aromatic carbocycles. The highest BCUT2D eigenvalue weighted by molar-refractivity contribution is 6.35. The number of carbonyl (C=O) groups is 3. The summed E-state index contributed by atoms with van der Waals surface area (Å²) in [5, 5.41) is 16.8. The minimum Gasteiger partial charge on any atom is -0.501 e. The van der Waals surface area contributed by atoms with Crippen molar-refractivity contribution in [3.05, 3.63) is 55.7 Å². The summed E-state index contributed by atoms with van der Waals surface area (Å²) >= 11 is 12.1. The molecular formula is C23H25Cl2N5O5. The number of carbonyl (C=O) groups excluding carboxylic acids is 3. The van der Waals surface area contributed by atoms with Gasteiger partial charge in [-0.25, -0.2) is 4.98 Å². The Balaban J connectivity index is 1.70. The van der Waals surface area contributed by atoms with Gasteiger partial charge in [0.2, 0.25) is 5.75 Å². The molecule has 3 aliphatic rings. The van der Waals surface area contributed by atoms with Gasteiger partial charge in [-0.1, -0.05) is 29.3 Å². The van der Waals surface area contributed by atoms with Crippen LogP contribution in [0.3, 0.4) is 0 Å². The fourth-order valence-electron chi connectivity index (χ4n) is 4.65. The van der Waals surface area contributed by atoms with Crippen molar-refractivity contribution in [2.45, 2.75) is 44.3 Å². The molecule has 3 N–H and O–H groups in total. The number of hydrogen-bond donors (Lipinski definition) is 3. The van der Waals surface area contributed by atoms with Crippen LogP contribution in [0.4, 0.5) is 0 Å². The first-order valence-electron chi connectivity index (χ1n) is 11.1. The minimum absolute atomic E-state index is 0.00959. The topological polar surface area (TPSA) is 134 Å². The molecule has 1 aromatic heterocycles. The van der Waals surface area contributed by atoms with Crippen molar-refractivity contribution in [3.63, 3.8) is 0 Å². The predicted octanol–water partition coefficient (Wildman–Crippen LogP) is 1.79. The first kappa shape index (κ1) is 25.0. The summed E-state index contributed by atoms with van der Waals surface area (Å²) in [5.74, 6) is -2.81. The zero-order valence-corrected chi connectivity index (χ0v) is 20.7. The lowest BCUT2D eigenvalue weighted by Crippen LogP contribution is -2.53. The van der Waals surface area contributed by atoms with Crippen molar-refractivity contribution in [1.29, 1.82) is 0 Å². The highest BCUT2D eigenvalue weighted by Crippen LogP contribution is 2.43. The summed E-state index contributed by atoms with van der Waals surface area (Å²) < 4.78 is 1.31. The van der Waals surface area contributed by atoms with Gasteiger partial charge in [-0.05, 0) is 49.3 Å². The van der Waals surface area contributed by atoms with Gasteiger partial charge in [0.05, 0.1) is 5.54 Å². The van der Waals surface area contributed by atoms with Gasteiger partial charge in [-0.2, -0.15) is 0 Å². The molecule has 2 aromatic rings. The number of rotatable bonds is 4. The zero-order chi connectivity index (χ0) is 25.5. The summed E-state index contributed by atoms with van der Waals surface area (Å²) in [4.78, 5) is 56.6. The Bertz CT molecular complexity index is 1270. The van der Waals surface area contributed by atoms with E-state index in [1.165, 1.54) is 24.7 Å². The predicted molar refractivity (Wildman–Crippen MR) is 128 cm³/mol. The molecule has 1 saturated carbocycles. The number of hydrogen-bond acceptors (Lipinski definition) is 6. The molecule has 10 nitrogen and oxygen atoms in total. The van der Waals surface area contributed by atoms with Crippen LogP contribution >= 0.6 is 23.2 Å². The molecule has 3 amide bonds. The van der Waals surface area contributed by atoms with Crippen LogP contribution in [0.5, 0.6) is 5.75 Å². The number of benzene rings is 1. The molecule has 5 rings (SSSR count). The third kappa shape index (κ3) is 4.72. The lowest BCUT2D eigenvalue weighted by Gasteiger charge is -2.37. The van der Waals surface area contributed by atoms with E-state index in [1.807, 2.05) is 0 Å². The van der Waals surface area contributed by atoms with Crippen LogP contribution in [-0.4, -0.2) is 51.4 Å². The van der Waals surface area contributed by atoms with E-state index < -0.39 is 40.3 Å². The Morgan fingerprint density at radius 1 is 1.23 bits per heavy atom. The highest BCUT2D eigenvalue weighted by atomic mass is 35.5. The van der Waals surface area contributed by atoms with Gasteiger partial charge in [0.25, 0.3) is 11.5 Å². The third-order valence-corrected chi connectivity index (χ3v) is 7.18. The first-order chi connectivity index (χ1) is 16.5. The standard InChI is InChI=1S/C23H25Cl2N5O5/c1-29(2)21(35)19(33)28-23-7-5-12(6-8-23)11-30-20(34)17(31)16(27-22(23)30)18(32)26-10-13-3-4-14(24)9-15(13)25/h3-4,9,12,31H,5-8,10-11H2,1-2H3,(H,26,32)(H,28,33). The molecule has 1 aliphatic carbocycles. The maximum Gasteiger partial charge on any atom is 0.311 e. The number of amides is 3. The van der Waals surface area contributed by atoms with Crippen molar-refractivity contribution in [2.75, 3.05) is 14.1 Å². The molecule has 0 saturated heterocycles. The second kappa shape index (κ2) is 9.50. The van der Waals surface area contributed by atoms with E-state index in [9.17, 15) is 24.3 Å². The minimum atomic E-state index is -1.11. The first-order valence-corrected chi connectivity index (χ1v) is 11.9. The summed E-state index contributed by atoms with van der Waals surface area (Å²) in [6.45, 7) is 0.311. The van der Waals surface area contributed by atoms with E-state index >= 15 is 0 Å². The van der Waals surface area contributed by atoms with Crippen LogP contribution in [0.1, 0.15) is 47.6 Å². The average Bonchev–Trinajstić information content (AvgIpc) is 3.06. The Labute approximate surface area is 211 Å². The summed E-state index contributed by atoms with van der Waals surface area (Å²) in [6.07, 6.45) is 2.28. The normalized spacial score (nSPS) is 20.5. The number of nitrogens with zero attached hydrogens (tertiary/aromatic N) is 3. The second-order valence-corrected chi connectivity index (χ2v) is 9.99. The molecule has 1 fully saturated rings. The molecule has 35 heavy (non-hydrogen) atoms. The quantitative estimate of drug-likeness (QED) is 0.525. The van der Waals surface area contributed by atoms with Gasteiger partial charge < -0.3 is 20.6 Å². The lowest BCUT2D eigenvalue weighted by atomic mass is 9.77. The molecule has 0 unspecified atom stereocenters. The molecule has 2 aliphatic heterocycles. The molecule has 186 valence electrons. The summed E-state index contributed by atoms with van der Waals surface area (Å²) in [6, 6.07) is 4.81. The largest absolute Gasteiger partial charge is 0.501 e. The number of likely N-dealkylation sites (N-methyl/N-ethyl adjacent to an activating group) is 1. The Kier molecular flexibility index (Phi) is 6.79. The van der Waals surface area contributed by atoms with E-state index in [2.05, 4.69) is 15.6 Å². The second-order valence-electron chi connectivity index (χ2n) is 9.15. The molecule has 12 heteroatoms. The SMILES string of the molecule is CN(C)C(=O)C(=O)NC12CCC(CC1)Cn1c2nc(C(=O)NCc2ccc(Cl)cc2Cl)c(O)c1=O. The Hall–Kier alpha value is -3.11. The summed E-state index contributed by atoms with van der Waals surface area (Å²) in [5.41, 5.74) is -1.75. The van der Waals surface area contributed by atoms with Gasteiger partial charge in [0.1, 0.15) is 5.82 Å². The molecule has 0 spiro atoms. The van der Waals surface area contributed by atoms with Crippen molar-refractivity contribution >= 4 is 40.9 Å². The van der Waals surface area contributed by atoms with Crippen LogP contribution in [0, 0.1) is 5.92 Å². The van der Waals surface area contributed by atoms with Crippen molar-refractivity contribution < 1.29 is 19.5 Å². The molecule has 2 bridgehead atoms. The number of halogens is 2. The maximum absolute atomic E-state index is 13.1. The van der Waals surface area contributed by atoms with E-state index in [4.69, 9.17) is 23.2 Å². The number of fused-ring (bicyclic) bond motifs is 2. The van der Waals surface area contributed by atoms with Crippen molar-refractivity contribution in [1.82, 2.24) is 25.1 Å². The van der Waals surface area contributed by atoms with E-state index in [-0.39, 0.29) is 18.3 Å². The van der Waals surface area contributed by atoms with E-state index in [1.54, 1.807) is 12.1 Å². The zero-order valence-electron chi connectivity index (χ0n) is 19.2. The van der Waals surface area contributed by atoms with E-state index in [0.717, 1.165) is 4.90 Å². The molecular weight excluding hydrogens is 497 g/mol. The fraction of sp³-hybridized carbons (Fsp3) is 0.435. The molecule has 3 heterocycles. The van der Waals surface area contributed by atoms with Gasteiger partial charge in [-0.15, -0.1) is 0 Å². The number of aromatic hydroxyl groups is 1. The van der Waals surface area contributed by atoms with Crippen LogP contribution in [0.25, 0.3) is 0 Å². The van der Waals surface area contributed by atoms with Crippen molar-refractivity contribution in [3.8, 4) is 5.75 Å². The van der Waals surface area contributed by atoms with Gasteiger partial charge in [0, 0.05) is 37.2 Å².